The smallest absolute Gasteiger partial charge is 0.128 e. The maximum Gasteiger partial charge on any atom is 0.128 e. The van der Waals surface area contributed by atoms with Crippen LogP contribution in [0.2, 0.25) is 5.02 Å². The third-order valence-corrected chi connectivity index (χ3v) is 3.67. The lowest BCUT2D eigenvalue weighted by Crippen LogP contribution is -1.90. The van der Waals surface area contributed by atoms with Gasteiger partial charge in [0.05, 0.1) is 5.69 Å². The summed E-state index contributed by atoms with van der Waals surface area (Å²) in [6.07, 6.45) is 0. The Morgan fingerprint density at radius 3 is 2.41 bits per heavy atom. The van der Waals surface area contributed by atoms with E-state index in [9.17, 15) is 0 Å². The largest absolute Gasteiger partial charge is 0.239 e. The van der Waals surface area contributed by atoms with E-state index in [1.165, 1.54) is 11.3 Å². The van der Waals surface area contributed by atoms with Gasteiger partial charge in [0.25, 0.3) is 0 Å². The Morgan fingerprint density at radius 2 is 1.94 bits per heavy atom. The van der Waals surface area contributed by atoms with Gasteiger partial charge in [-0.1, -0.05) is 37.6 Å². The number of halogens is 1. The fourth-order valence-corrected chi connectivity index (χ4v) is 2.67. The molecule has 2 aromatic rings. The molecular formula is C13H11ClN2S. The Labute approximate surface area is 110 Å². The fraction of sp³-hybridized carbons (Fsp3) is 0.231. The highest BCUT2D eigenvalue weighted by atomic mass is 35.5. The van der Waals surface area contributed by atoms with Crippen LogP contribution >= 0.6 is 22.9 Å². The van der Waals surface area contributed by atoms with E-state index >= 15 is 0 Å². The van der Waals surface area contributed by atoms with Gasteiger partial charge in [0.1, 0.15) is 16.0 Å². The lowest BCUT2D eigenvalue weighted by atomic mass is 10.1. The molecule has 0 N–H and O–H groups in total. The Balaban J connectivity index is 2.47. The number of hydrogen-bond donors (Lipinski definition) is 0. The van der Waals surface area contributed by atoms with Crippen LogP contribution in [-0.4, -0.2) is 4.98 Å². The van der Waals surface area contributed by atoms with E-state index in [2.05, 4.69) is 11.1 Å². The second kappa shape index (κ2) is 4.87. The molecule has 0 aliphatic rings. The van der Waals surface area contributed by atoms with E-state index in [4.69, 9.17) is 16.9 Å². The van der Waals surface area contributed by atoms with Gasteiger partial charge in [0.15, 0.2) is 0 Å². The van der Waals surface area contributed by atoms with Gasteiger partial charge in [-0.25, -0.2) is 4.98 Å². The molecule has 0 fully saturated rings. The first-order chi connectivity index (χ1) is 8.11. The molecule has 0 aliphatic carbocycles. The number of nitriles is 1. The minimum absolute atomic E-state index is 0.266. The molecule has 2 nitrogen and oxygen atoms in total. The molecule has 4 heteroatoms. The van der Waals surface area contributed by atoms with E-state index in [0.29, 0.717) is 9.90 Å². The maximum atomic E-state index is 9.07. The average Bonchev–Trinajstić information content (AvgIpc) is 2.74. The normalized spacial score (nSPS) is 10.5. The Morgan fingerprint density at radius 1 is 1.29 bits per heavy atom. The molecular weight excluding hydrogens is 252 g/mol. The van der Waals surface area contributed by atoms with Crippen molar-refractivity contribution < 1.29 is 0 Å². The predicted octanol–water partition coefficient (Wildman–Crippen LogP) is 4.46. The van der Waals surface area contributed by atoms with Crippen LogP contribution in [0.3, 0.4) is 0 Å². The summed E-state index contributed by atoms with van der Waals surface area (Å²) in [6, 6.07) is 9.72. The minimum Gasteiger partial charge on any atom is -0.239 e. The summed E-state index contributed by atoms with van der Waals surface area (Å²) in [5.41, 5.74) is 1.88. The summed E-state index contributed by atoms with van der Waals surface area (Å²) in [5.74, 6) is 0.266. The summed E-state index contributed by atoms with van der Waals surface area (Å²) in [4.78, 5) is 5.23. The van der Waals surface area contributed by atoms with E-state index in [-0.39, 0.29) is 5.92 Å². The molecule has 0 bridgehead atoms. The highest BCUT2D eigenvalue weighted by molar-refractivity contribution is 7.15. The van der Waals surface area contributed by atoms with Crippen molar-refractivity contribution in [3.8, 4) is 16.6 Å². The van der Waals surface area contributed by atoms with Gasteiger partial charge in [-0.15, -0.1) is 11.3 Å². The average molecular weight is 263 g/mol. The second-order valence-electron chi connectivity index (χ2n) is 4.01. The molecule has 0 saturated heterocycles. The number of thiazole rings is 1. The third kappa shape index (κ3) is 2.49. The first-order valence-corrected chi connectivity index (χ1v) is 6.48. The van der Waals surface area contributed by atoms with Gasteiger partial charge in [-0.3, -0.25) is 0 Å². The van der Waals surface area contributed by atoms with Crippen molar-refractivity contribution in [3.63, 3.8) is 0 Å². The van der Waals surface area contributed by atoms with E-state index < -0.39 is 0 Å². The molecule has 17 heavy (non-hydrogen) atoms. The van der Waals surface area contributed by atoms with Gasteiger partial charge in [0.2, 0.25) is 0 Å². The zero-order chi connectivity index (χ0) is 12.4. The first-order valence-electron chi connectivity index (χ1n) is 5.28. The van der Waals surface area contributed by atoms with Crippen LogP contribution in [0.4, 0.5) is 0 Å². The van der Waals surface area contributed by atoms with Crippen LogP contribution in [-0.2, 0) is 0 Å². The number of aromatic nitrogens is 1. The van der Waals surface area contributed by atoms with Gasteiger partial charge >= 0.3 is 0 Å². The van der Waals surface area contributed by atoms with Crippen molar-refractivity contribution in [2.24, 2.45) is 0 Å². The highest BCUT2D eigenvalue weighted by Crippen LogP contribution is 2.31. The number of nitrogens with zero attached hydrogens (tertiary/aromatic N) is 2. The van der Waals surface area contributed by atoms with E-state index in [0.717, 1.165) is 16.3 Å². The van der Waals surface area contributed by atoms with Crippen molar-refractivity contribution in [2.45, 2.75) is 19.8 Å². The lowest BCUT2D eigenvalue weighted by molar-refractivity contribution is 0.831. The van der Waals surface area contributed by atoms with Crippen molar-refractivity contribution in [3.05, 3.63) is 39.9 Å². The maximum absolute atomic E-state index is 9.07. The summed E-state index contributed by atoms with van der Waals surface area (Å²) in [6.45, 7) is 4.09. The summed E-state index contributed by atoms with van der Waals surface area (Å²) in [7, 11) is 0. The molecule has 1 aromatic carbocycles. The number of hydrogen-bond acceptors (Lipinski definition) is 3. The molecule has 1 heterocycles. The zero-order valence-electron chi connectivity index (χ0n) is 9.57. The Hall–Kier alpha value is -1.37. The van der Waals surface area contributed by atoms with Gasteiger partial charge in [-0.2, -0.15) is 5.26 Å². The Bertz CT molecular complexity index is 564. The van der Waals surface area contributed by atoms with Crippen LogP contribution in [0.1, 0.15) is 30.3 Å². The molecule has 0 unspecified atom stereocenters. The molecule has 0 radical (unpaired) electrons. The second-order valence-corrected chi connectivity index (χ2v) is 5.44. The molecule has 1 aromatic heterocycles. The van der Waals surface area contributed by atoms with E-state index in [1.807, 2.05) is 38.1 Å². The van der Waals surface area contributed by atoms with Crippen LogP contribution in [0, 0.1) is 11.3 Å². The molecule has 0 amide bonds. The van der Waals surface area contributed by atoms with Crippen molar-refractivity contribution in [2.75, 3.05) is 0 Å². The SMILES string of the molecule is CC(C)c1nc(-c2ccc(Cl)cc2)sc1C#N. The van der Waals surface area contributed by atoms with E-state index in [1.54, 1.807) is 0 Å². The first kappa shape index (κ1) is 12.1. The highest BCUT2D eigenvalue weighted by Gasteiger charge is 2.14. The fourth-order valence-electron chi connectivity index (χ4n) is 1.52. The van der Waals surface area contributed by atoms with Crippen LogP contribution < -0.4 is 0 Å². The topological polar surface area (TPSA) is 36.7 Å². The molecule has 2 rings (SSSR count). The molecule has 0 aliphatic heterocycles. The zero-order valence-corrected chi connectivity index (χ0v) is 11.1. The van der Waals surface area contributed by atoms with Crippen LogP contribution in [0.5, 0.6) is 0 Å². The van der Waals surface area contributed by atoms with Gasteiger partial charge in [0, 0.05) is 10.6 Å². The number of benzene rings is 1. The van der Waals surface area contributed by atoms with Gasteiger partial charge < -0.3 is 0 Å². The summed E-state index contributed by atoms with van der Waals surface area (Å²) >= 11 is 7.28. The summed E-state index contributed by atoms with van der Waals surface area (Å²) in [5, 5.41) is 10.7. The van der Waals surface area contributed by atoms with Crippen molar-refractivity contribution >= 4 is 22.9 Å². The molecule has 86 valence electrons. The summed E-state index contributed by atoms with van der Waals surface area (Å²) < 4.78 is 0. The Kier molecular flexibility index (Phi) is 3.46. The lowest BCUT2D eigenvalue weighted by Gasteiger charge is -1.99. The minimum atomic E-state index is 0.266. The van der Waals surface area contributed by atoms with Crippen LogP contribution in [0.15, 0.2) is 24.3 Å². The standard InChI is InChI=1S/C13H11ClN2S/c1-8(2)12-11(7-15)17-13(16-12)9-3-5-10(14)6-4-9/h3-6,8H,1-2H3. The number of rotatable bonds is 2. The molecule has 0 spiro atoms. The van der Waals surface area contributed by atoms with Crippen LogP contribution in [0.25, 0.3) is 10.6 Å². The molecule has 0 saturated carbocycles. The molecule has 0 atom stereocenters. The van der Waals surface area contributed by atoms with Gasteiger partial charge in [-0.05, 0) is 18.1 Å². The quantitative estimate of drug-likeness (QED) is 0.801. The van der Waals surface area contributed by atoms with Crippen molar-refractivity contribution in [1.29, 1.82) is 5.26 Å². The third-order valence-electron chi connectivity index (χ3n) is 2.39. The van der Waals surface area contributed by atoms with Crippen molar-refractivity contribution in [1.82, 2.24) is 4.98 Å². The monoisotopic (exact) mass is 262 g/mol. The predicted molar refractivity (Wildman–Crippen MR) is 71.4 cm³/mol.